The summed E-state index contributed by atoms with van der Waals surface area (Å²) in [6.07, 6.45) is 1.68. The van der Waals surface area contributed by atoms with Gasteiger partial charge in [0.1, 0.15) is 22.7 Å². The van der Waals surface area contributed by atoms with Crippen LogP contribution >= 0.6 is 15.9 Å². The molecule has 9 heteroatoms. The molecule has 0 amide bonds. The van der Waals surface area contributed by atoms with Crippen LogP contribution in [-0.2, 0) is 6.61 Å². The van der Waals surface area contributed by atoms with Gasteiger partial charge in [0.25, 0.3) is 5.56 Å². The molecule has 1 aromatic heterocycles. The second-order valence-corrected chi connectivity index (χ2v) is 7.79. The van der Waals surface area contributed by atoms with Gasteiger partial charge in [-0.1, -0.05) is 0 Å². The minimum atomic E-state index is -0.730. The van der Waals surface area contributed by atoms with Gasteiger partial charge < -0.3 is 14.7 Å². The molecule has 0 spiro atoms. The maximum Gasteiger partial charge on any atom is 0.273 e. The van der Waals surface area contributed by atoms with Crippen molar-refractivity contribution in [3.8, 4) is 5.88 Å². The SMILES string of the molecule is CC(C)n1c(N2CCCC2CO)nc(OCc2ccc(F)cc2F)c(Br)c1=O. The van der Waals surface area contributed by atoms with Gasteiger partial charge in [0.05, 0.1) is 12.6 Å². The molecule has 2 aromatic rings. The fraction of sp³-hybridized carbons (Fsp3) is 0.474. The Balaban J connectivity index is 1.98. The predicted molar refractivity (Wildman–Crippen MR) is 105 cm³/mol. The van der Waals surface area contributed by atoms with Crippen LogP contribution in [0.25, 0.3) is 0 Å². The van der Waals surface area contributed by atoms with Crippen LogP contribution < -0.4 is 15.2 Å². The third-order valence-electron chi connectivity index (χ3n) is 4.75. The van der Waals surface area contributed by atoms with Gasteiger partial charge in [0, 0.05) is 24.2 Å². The average molecular weight is 458 g/mol. The molecule has 1 aliphatic rings. The van der Waals surface area contributed by atoms with Crippen molar-refractivity contribution in [2.75, 3.05) is 18.1 Å². The Kier molecular flexibility index (Phi) is 6.34. The van der Waals surface area contributed by atoms with Gasteiger partial charge in [-0.25, -0.2) is 8.78 Å². The highest BCUT2D eigenvalue weighted by Gasteiger charge is 2.30. The van der Waals surface area contributed by atoms with Gasteiger partial charge in [-0.05, 0) is 54.8 Å². The van der Waals surface area contributed by atoms with Gasteiger partial charge in [-0.15, -0.1) is 0 Å². The Morgan fingerprint density at radius 1 is 1.39 bits per heavy atom. The standard InChI is InChI=1S/C19H22BrF2N3O3/c1-11(2)25-18(27)16(20)17(23-19(25)24-7-3-4-14(24)9-26)28-10-12-5-6-13(21)8-15(12)22/h5-6,8,11,14,26H,3-4,7,9-10H2,1-2H3. The van der Waals surface area contributed by atoms with Crippen molar-refractivity contribution < 1.29 is 18.6 Å². The van der Waals surface area contributed by atoms with Gasteiger partial charge >= 0.3 is 0 Å². The van der Waals surface area contributed by atoms with Gasteiger partial charge in [0.2, 0.25) is 11.8 Å². The molecule has 1 fully saturated rings. The van der Waals surface area contributed by atoms with E-state index in [9.17, 15) is 18.7 Å². The van der Waals surface area contributed by atoms with Crippen LogP contribution in [-0.4, -0.2) is 33.9 Å². The number of nitrogens with zero attached hydrogens (tertiary/aromatic N) is 3. The van der Waals surface area contributed by atoms with Crippen LogP contribution in [0, 0.1) is 11.6 Å². The first-order chi connectivity index (χ1) is 13.3. The Morgan fingerprint density at radius 3 is 2.79 bits per heavy atom. The molecule has 1 N–H and O–H groups in total. The Hall–Kier alpha value is -2.00. The molecule has 1 aromatic carbocycles. The lowest BCUT2D eigenvalue weighted by Gasteiger charge is -2.28. The topological polar surface area (TPSA) is 67.6 Å². The van der Waals surface area contributed by atoms with Crippen molar-refractivity contribution in [1.82, 2.24) is 9.55 Å². The van der Waals surface area contributed by atoms with E-state index in [4.69, 9.17) is 4.74 Å². The van der Waals surface area contributed by atoms with E-state index in [-0.39, 0.29) is 46.8 Å². The van der Waals surface area contributed by atoms with Crippen LogP contribution in [0.1, 0.15) is 38.3 Å². The minimum Gasteiger partial charge on any atom is -0.472 e. The summed E-state index contributed by atoms with van der Waals surface area (Å²) >= 11 is 3.24. The van der Waals surface area contributed by atoms with Crippen molar-refractivity contribution in [3.63, 3.8) is 0 Å². The predicted octanol–water partition coefficient (Wildman–Crippen LogP) is 3.41. The normalized spacial score (nSPS) is 16.8. The lowest BCUT2D eigenvalue weighted by atomic mass is 10.2. The lowest BCUT2D eigenvalue weighted by molar-refractivity contribution is 0.262. The summed E-state index contributed by atoms with van der Waals surface area (Å²) in [6.45, 7) is 4.17. The molecule has 6 nitrogen and oxygen atoms in total. The quantitative estimate of drug-likeness (QED) is 0.719. The Bertz CT molecular complexity index is 920. The number of benzene rings is 1. The molecule has 1 unspecified atom stereocenters. The zero-order valence-corrected chi connectivity index (χ0v) is 17.2. The van der Waals surface area contributed by atoms with Crippen molar-refractivity contribution in [3.05, 3.63) is 50.2 Å². The van der Waals surface area contributed by atoms with Gasteiger partial charge in [0.15, 0.2) is 0 Å². The maximum absolute atomic E-state index is 13.9. The second-order valence-electron chi connectivity index (χ2n) is 7.00. The summed E-state index contributed by atoms with van der Waals surface area (Å²) in [4.78, 5) is 19.3. The van der Waals surface area contributed by atoms with E-state index in [1.54, 1.807) is 4.57 Å². The molecular weight excluding hydrogens is 436 g/mol. The molecule has 28 heavy (non-hydrogen) atoms. The molecule has 1 aliphatic heterocycles. The lowest BCUT2D eigenvalue weighted by Crippen LogP contribution is -2.39. The van der Waals surface area contributed by atoms with E-state index >= 15 is 0 Å². The Morgan fingerprint density at radius 2 is 2.14 bits per heavy atom. The third kappa shape index (κ3) is 4.05. The maximum atomic E-state index is 13.9. The van der Waals surface area contributed by atoms with Gasteiger partial charge in [-0.2, -0.15) is 4.98 Å². The van der Waals surface area contributed by atoms with Gasteiger partial charge in [-0.3, -0.25) is 9.36 Å². The third-order valence-corrected chi connectivity index (χ3v) is 5.43. The number of aliphatic hydroxyl groups excluding tert-OH is 1. The van der Waals surface area contributed by atoms with E-state index in [0.29, 0.717) is 12.5 Å². The van der Waals surface area contributed by atoms with Crippen LogP contribution in [0.4, 0.5) is 14.7 Å². The highest BCUT2D eigenvalue weighted by molar-refractivity contribution is 9.10. The monoisotopic (exact) mass is 457 g/mol. The van der Waals surface area contributed by atoms with Crippen LogP contribution in [0.5, 0.6) is 5.88 Å². The highest BCUT2D eigenvalue weighted by atomic mass is 79.9. The van der Waals surface area contributed by atoms with Crippen LogP contribution in [0.2, 0.25) is 0 Å². The summed E-state index contributed by atoms with van der Waals surface area (Å²) in [6, 6.07) is 2.93. The molecule has 0 saturated carbocycles. The number of anilines is 1. The number of aliphatic hydroxyl groups is 1. The molecule has 1 atom stereocenters. The zero-order valence-electron chi connectivity index (χ0n) is 15.7. The molecule has 0 radical (unpaired) electrons. The summed E-state index contributed by atoms with van der Waals surface area (Å²) in [7, 11) is 0. The van der Waals surface area contributed by atoms with E-state index < -0.39 is 11.6 Å². The van der Waals surface area contributed by atoms with E-state index in [1.807, 2.05) is 18.7 Å². The first-order valence-electron chi connectivity index (χ1n) is 9.09. The molecule has 0 bridgehead atoms. The molecule has 2 heterocycles. The summed E-state index contributed by atoms with van der Waals surface area (Å²) in [5.74, 6) is -0.961. The van der Waals surface area contributed by atoms with Crippen LogP contribution in [0.3, 0.4) is 0 Å². The van der Waals surface area contributed by atoms with Crippen molar-refractivity contribution >= 4 is 21.9 Å². The van der Waals surface area contributed by atoms with Crippen molar-refractivity contribution in [2.45, 2.75) is 45.4 Å². The van der Waals surface area contributed by atoms with E-state index in [2.05, 4.69) is 20.9 Å². The largest absolute Gasteiger partial charge is 0.472 e. The zero-order chi connectivity index (χ0) is 20.4. The molecule has 1 saturated heterocycles. The first kappa shape index (κ1) is 20.7. The number of hydrogen-bond acceptors (Lipinski definition) is 5. The number of halogens is 3. The van der Waals surface area contributed by atoms with E-state index in [0.717, 1.165) is 25.0 Å². The Labute approximate surface area is 169 Å². The summed E-state index contributed by atoms with van der Waals surface area (Å²) in [5.41, 5.74) is -0.169. The fourth-order valence-electron chi connectivity index (χ4n) is 3.32. The second kappa shape index (κ2) is 8.57. The number of aromatic nitrogens is 2. The fourth-order valence-corrected chi connectivity index (χ4v) is 3.71. The summed E-state index contributed by atoms with van der Waals surface area (Å²) in [5, 5.41) is 9.66. The number of ether oxygens (including phenoxy) is 1. The summed E-state index contributed by atoms with van der Waals surface area (Å²) < 4.78 is 34.2. The highest BCUT2D eigenvalue weighted by Crippen LogP contribution is 2.30. The number of rotatable bonds is 6. The van der Waals surface area contributed by atoms with E-state index in [1.165, 1.54) is 6.07 Å². The minimum absolute atomic E-state index is 0.0317. The number of hydrogen-bond donors (Lipinski definition) is 1. The average Bonchev–Trinajstić information content (AvgIpc) is 3.12. The molecular formula is C19H22BrF2N3O3. The van der Waals surface area contributed by atoms with Crippen molar-refractivity contribution in [2.24, 2.45) is 0 Å². The molecule has 152 valence electrons. The molecule has 3 rings (SSSR count). The first-order valence-corrected chi connectivity index (χ1v) is 9.89. The smallest absolute Gasteiger partial charge is 0.273 e. The van der Waals surface area contributed by atoms with Crippen molar-refractivity contribution in [1.29, 1.82) is 0 Å². The van der Waals surface area contributed by atoms with Crippen LogP contribution in [0.15, 0.2) is 27.5 Å². The molecule has 0 aliphatic carbocycles.